The Hall–Kier alpha value is -0.710. The first-order chi connectivity index (χ1) is 11.2. The van der Waals surface area contributed by atoms with E-state index in [0.717, 1.165) is 38.0 Å². The summed E-state index contributed by atoms with van der Waals surface area (Å²) in [6.07, 6.45) is 5.93. The number of likely N-dealkylation sites (tertiary alicyclic amines) is 1. The number of carbonyl (C=O) groups is 2. The van der Waals surface area contributed by atoms with Crippen molar-refractivity contribution in [3.63, 3.8) is 0 Å². The molecule has 0 radical (unpaired) electrons. The Bertz CT molecular complexity index is 521. The zero-order chi connectivity index (χ0) is 17.5. The lowest BCUT2D eigenvalue weighted by Crippen LogP contribution is -2.50. The first-order valence-electron chi connectivity index (χ1n) is 9.42. The van der Waals surface area contributed by atoms with Crippen molar-refractivity contribution in [2.75, 3.05) is 18.2 Å². The van der Waals surface area contributed by atoms with Gasteiger partial charge < -0.3 is 9.80 Å². The van der Waals surface area contributed by atoms with E-state index in [2.05, 4.69) is 32.6 Å². The molecule has 2 bridgehead atoms. The van der Waals surface area contributed by atoms with Crippen LogP contribution in [0, 0.1) is 10.8 Å². The monoisotopic (exact) mass is 352 g/mol. The smallest absolute Gasteiger partial charge is 0.246 e. The van der Waals surface area contributed by atoms with Crippen LogP contribution in [0.1, 0.15) is 66.2 Å². The second-order valence-corrected chi connectivity index (χ2v) is 10.2. The van der Waals surface area contributed by atoms with Gasteiger partial charge in [-0.05, 0) is 36.5 Å². The summed E-state index contributed by atoms with van der Waals surface area (Å²) in [4.78, 5) is 29.7. The molecule has 0 spiro atoms. The molecule has 3 rings (SSSR count). The van der Waals surface area contributed by atoms with Crippen LogP contribution in [0.15, 0.2) is 0 Å². The Morgan fingerprint density at radius 1 is 1.17 bits per heavy atom. The van der Waals surface area contributed by atoms with Gasteiger partial charge in [-0.25, -0.2) is 0 Å². The summed E-state index contributed by atoms with van der Waals surface area (Å²) in [5.74, 6) is 1.81. The van der Waals surface area contributed by atoms with Gasteiger partial charge in [0.1, 0.15) is 6.04 Å². The van der Waals surface area contributed by atoms with Crippen molar-refractivity contribution < 1.29 is 9.59 Å². The van der Waals surface area contributed by atoms with E-state index in [0.29, 0.717) is 23.8 Å². The minimum absolute atomic E-state index is 0.161. The van der Waals surface area contributed by atoms with Crippen LogP contribution in [0.25, 0.3) is 0 Å². The van der Waals surface area contributed by atoms with Crippen LogP contribution >= 0.6 is 11.8 Å². The molecular formula is C19H32N2O2S. The molecule has 1 saturated carbocycles. The quantitative estimate of drug-likeness (QED) is 0.777. The van der Waals surface area contributed by atoms with Crippen LogP contribution < -0.4 is 0 Å². The second-order valence-electron chi connectivity index (χ2n) is 9.16. The third kappa shape index (κ3) is 3.47. The van der Waals surface area contributed by atoms with Crippen molar-refractivity contribution in [3.8, 4) is 0 Å². The van der Waals surface area contributed by atoms with E-state index in [4.69, 9.17) is 0 Å². The predicted molar refractivity (Wildman–Crippen MR) is 98.7 cm³/mol. The Labute approximate surface area is 150 Å². The van der Waals surface area contributed by atoms with Gasteiger partial charge in [0.2, 0.25) is 11.8 Å². The average Bonchev–Trinajstić information content (AvgIpc) is 3.05. The number of nitrogens with zero attached hydrogens (tertiary/aromatic N) is 2. The number of rotatable bonds is 4. The molecule has 0 N–H and O–H groups in total. The molecule has 1 aliphatic carbocycles. The van der Waals surface area contributed by atoms with Crippen LogP contribution in [0.4, 0.5) is 0 Å². The highest BCUT2D eigenvalue weighted by Crippen LogP contribution is 2.52. The third-order valence-corrected chi connectivity index (χ3v) is 6.94. The molecular weight excluding hydrogens is 320 g/mol. The summed E-state index contributed by atoms with van der Waals surface area (Å²) < 4.78 is 0. The highest BCUT2D eigenvalue weighted by atomic mass is 32.2. The van der Waals surface area contributed by atoms with Crippen LogP contribution in [0.3, 0.4) is 0 Å². The molecule has 3 aliphatic rings. The van der Waals surface area contributed by atoms with E-state index in [9.17, 15) is 9.59 Å². The molecule has 2 saturated heterocycles. The number of thioether (sulfide) groups is 1. The van der Waals surface area contributed by atoms with E-state index in [1.165, 1.54) is 6.42 Å². The largest absolute Gasteiger partial charge is 0.337 e. The van der Waals surface area contributed by atoms with Gasteiger partial charge in [0, 0.05) is 24.8 Å². The summed E-state index contributed by atoms with van der Waals surface area (Å²) in [7, 11) is 0. The van der Waals surface area contributed by atoms with Gasteiger partial charge in [-0.1, -0.05) is 34.1 Å². The van der Waals surface area contributed by atoms with Crippen molar-refractivity contribution in [2.24, 2.45) is 10.8 Å². The lowest BCUT2D eigenvalue weighted by molar-refractivity contribution is -0.144. The minimum atomic E-state index is -0.231. The maximum atomic E-state index is 13.3. The molecule has 136 valence electrons. The van der Waals surface area contributed by atoms with Gasteiger partial charge in [-0.15, -0.1) is 11.8 Å². The number of amides is 2. The van der Waals surface area contributed by atoms with Gasteiger partial charge in [0.05, 0.1) is 5.88 Å². The molecule has 5 heteroatoms. The molecule has 0 aromatic heterocycles. The van der Waals surface area contributed by atoms with Crippen LogP contribution in [0.2, 0.25) is 0 Å². The predicted octanol–water partition coefficient (Wildman–Crippen LogP) is 3.51. The molecule has 2 aliphatic heterocycles. The maximum Gasteiger partial charge on any atom is 0.246 e. The van der Waals surface area contributed by atoms with Crippen molar-refractivity contribution in [2.45, 2.75) is 78.3 Å². The Morgan fingerprint density at radius 2 is 1.92 bits per heavy atom. The Balaban J connectivity index is 1.71. The van der Waals surface area contributed by atoms with Crippen molar-refractivity contribution in [1.29, 1.82) is 0 Å². The van der Waals surface area contributed by atoms with Gasteiger partial charge in [-0.3, -0.25) is 9.59 Å². The summed E-state index contributed by atoms with van der Waals surface area (Å²) in [5.41, 5.74) is 0.568. The minimum Gasteiger partial charge on any atom is -0.337 e. The fourth-order valence-corrected chi connectivity index (χ4v) is 6.45. The zero-order valence-corrected chi connectivity index (χ0v) is 16.5. The second kappa shape index (κ2) is 6.54. The molecule has 24 heavy (non-hydrogen) atoms. The first kappa shape index (κ1) is 18.1. The van der Waals surface area contributed by atoms with Crippen molar-refractivity contribution in [1.82, 2.24) is 9.80 Å². The maximum absolute atomic E-state index is 13.3. The fraction of sp³-hybridized carbons (Fsp3) is 0.895. The van der Waals surface area contributed by atoms with Crippen LogP contribution in [0.5, 0.6) is 0 Å². The average molecular weight is 353 g/mol. The van der Waals surface area contributed by atoms with E-state index in [-0.39, 0.29) is 23.3 Å². The van der Waals surface area contributed by atoms with Gasteiger partial charge in [0.25, 0.3) is 0 Å². The fourth-order valence-electron chi connectivity index (χ4n) is 5.27. The zero-order valence-electron chi connectivity index (χ0n) is 15.6. The van der Waals surface area contributed by atoms with Gasteiger partial charge >= 0.3 is 0 Å². The standard InChI is InChI=1S/C19H32N2O2S/c1-5-6-7-16(22)21-13-24-10-15(21)17(23)20-12-19(4)9-14(20)8-18(2,3)11-19/h14-15H,5-13H2,1-4H3. The van der Waals surface area contributed by atoms with E-state index < -0.39 is 0 Å². The number of hydrogen-bond acceptors (Lipinski definition) is 3. The molecule has 3 fully saturated rings. The number of fused-ring (bicyclic) bond motifs is 2. The first-order valence-corrected chi connectivity index (χ1v) is 10.6. The SMILES string of the molecule is CCCCC(=O)N1CSCC1C(=O)N1CC2(C)CC1CC(C)(C)C2. The molecule has 3 atom stereocenters. The normalized spacial score (nSPS) is 34.7. The van der Waals surface area contributed by atoms with E-state index in [1.54, 1.807) is 11.8 Å². The van der Waals surface area contributed by atoms with Crippen molar-refractivity contribution >= 4 is 23.6 Å². The van der Waals surface area contributed by atoms with Gasteiger partial charge in [-0.2, -0.15) is 0 Å². The van der Waals surface area contributed by atoms with E-state index >= 15 is 0 Å². The lowest BCUT2D eigenvalue weighted by atomic mass is 9.65. The number of carbonyl (C=O) groups excluding carboxylic acids is 2. The molecule has 3 unspecified atom stereocenters. The summed E-state index contributed by atoms with van der Waals surface area (Å²) in [5, 5.41) is 0. The number of unbranched alkanes of at least 4 members (excludes halogenated alkanes) is 1. The van der Waals surface area contributed by atoms with Crippen molar-refractivity contribution in [3.05, 3.63) is 0 Å². The Kier molecular flexibility index (Phi) is 4.93. The lowest BCUT2D eigenvalue weighted by Gasteiger charge is -2.39. The summed E-state index contributed by atoms with van der Waals surface area (Å²) >= 11 is 1.72. The van der Waals surface area contributed by atoms with E-state index in [1.807, 2.05) is 4.90 Å². The summed E-state index contributed by atoms with van der Waals surface area (Å²) in [6, 6.07) is 0.134. The molecule has 2 heterocycles. The Morgan fingerprint density at radius 3 is 2.62 bits per heavy atom. The highest BCUT2D eigenvalue weighted by Gasteiger charge is 2.52. The summed E-state index contributed by atoms with van der Waals surface area (Å²) in [6.45, 7) is 9.97. The number of hydrogen-bond donors (Lipinski definition) is 0. The molecule has 4 nitrogen and oxygen atoms in total. The van der Waals surface area contributed by atoms with Crippen LogP contribution in [-0.2, 0) is 9.59 Å². The van der Waals surface area contributed by atoms with Crippen LogP contribution in [-0.4, -0.2) is 51.9 Å². The molecule has 0 aromatic rings. The highest BCUT2D eigenvalue weighted by molar-refractivity contribution is 7.99. The topological polar surface area (TPSA) is 40.6 Å². The molecule has 0 aromatic carbocycles. The molecule has 2 amide bonds. The third-order valence-electron chi connectivity index (χ3n) is 5.93. The van der Waals surface area contributed by atoms with Gasteiger partial charge in [0.15, 0.2) is 0 Å².